The lowest BCUT2D eigenvalue weighted by Crippen LogP contribution is -2.19. The summed E-state index contributed by atoms with van der Waals surface area (Å²) in [5.41, 5.74) is 0.612. The van der Waals surface area contributed by atoms with Crippen LogP contribution in [0.2, 0.25) is 0 Å². The zero-order valence-electron chi connectivity index (χ0n) is 12.2. The number of allylic oxidation sites excluding steroid dienone is 3. The van der Waals surface area contributed by atoms with Gasteiger partial charge in [-0.2, -0.15) is 0 Å². The summed E-state index contributed by atoms with van der Waals surface area (Å²) >= 11 is 0. The molecule has 2 aliphatic rings. The van der Waals surface area contributed by atoms with Crippen molar-refractivity contribution in [2.75, 3.05) is 7.11 Å². The van der Waals surface area contributed by atoms with Crippen LogP contribution < -0.4 is 0 Å². The largest absolute Gasteiger partial charge is 0.466 e. The number of rotatable bonds is 6. The van der Waals surface area contributed by atoms with E-state index in [-0.39, 0.29) is 17.7 Å². The Balaban J connectivity index is 2.09. The van der Waals surface area contributed by atoms with Crippen molar-refractivity contribution in [3.05, 3.63) is 23.2 Å². The van der Waals surface area contributed by atoms with E-state index in [1.54, 1.807) is 6.08 Å². The van der Waals surface area contributed by atoms with Gasteiger partial charge in [-0.3, -0.25) is 4.79 Å². The molecule has 0 aromatic heterocycles. The second kappa shape index (κ2) is 6.73. The van der Waals surface area contributed by atoms with E-state index in [0.717, 1.165) is 25.0 Å². The fraction of sp³-hybridized carbons (Fsp3) is 0.625. The maximum Gasteiger partial charge on any atom is 0.337 e. The van der Waals surface area contributed by atoms with E-state index in [1.807, 2.05) is 0 Å². The quantitative estimate of drug-likeness (QED) is 0.552. The highest BCUT2D eigenvalue weighted by molar-refractivity contribution is 5.94. The van der Waals surface area contributed by atoms with Crippen LogP contribution in [0.1, 0.15) is 51.9 Å². The van der Waals surface area contributed by atoms with Gasteiger partial charge in [0.05, 0.1) is 12.7 Å². The monoisotopic (exact) mass is 278 g/mol. The Labute approximate surface area is 119 Å². The Morgan fingerprint density at radius 1 is 1.35 bits per heavy atom. The van der Waals surface area contributed by atoms with Gasteiger partial charge in [0.25, 0.3) is 0 Å². The predicted octanol–water partition coefficient (Wildman–Crippen LogP) is 3.28. The number of methoxy groups -OCH3 is 1. The van der Waals surface area contributed by atoms with E-state index >= 15 is 0 Å². The summed E-state index contributed by atoms with van der Waals surface area (Å²) in [6, 6.07) is 0. The SMILES string of the molecule is CCCCCCC1=C(C(=O)OC)CC2CC(=O)C=C2O1. The highest BCUT2D eigenvalue weighted by Gasteiger charge is 2.35. The molecule has 1 atom stereocenters. The molecule has 1 heterocycles. The van der Waals surface area contributed by atoms with Gasteiger partial charge in [0.15, 0.2) is 5.78 Å². The van der Waals surface area contributed by atoms with Crippen molar-refractivity contribution < 1.29 is 19.1 Å². The van der Waals surface area contributed by atoms with Gasteiger partial charge >= 0.3 is 5.97 Å². The maximum atomic E-state index is 11.9. The van der Waals surface area contributed by atoms with Crippen molar-refractivity contribution in [3.8, 4) is 0 Å². The number of carbonyl (C=O) groups is 2. The normalized spacial score (nSPS) is 21.4. The molecule has 4 heteroatoms. The third kappa shape index (κ3) is 3.30. The van der Waals surface area contributed by atoms with Crippen LogP contribution in [0.5, 0.6) is 0 Å². The van der Waals surface area contributed by atoms with Gasteiger partial charge in [-0.15, -0.1) is 0 Å². The summed E-state index contributed by atoms with van der Waals surface area (Å²) in [6.45, 7) is 2.16. The molecule has 4 nitrogen and oxygen atoms in total. The molecule has 2 rings (SSSR count). The fourth-order valence-corrected chi connectivity index (χ4v) is 2.76. The van der Waals surface area contributed by atoms with Gasteiger partial charge in [0.1, 0.15) is 11.5 Å². The minimum atomic E-state index is -0.325. The first kappa shape index (κ1) is 14.8. The number of esters is 1. The van der Waals surface area contributed by atoms with E-state index in [1.165, 1.54) is 20.0 Å². The van der Waals surface area contributed by atoms with Crippen molar-refractivity contribution in [2.45, 2.75) is 51.9 Å². The lowest BCUT2D eigenvalue weighted by atomic mass is 9.93. The van der Waals surface area contributed by atoms with Crippen LogP contribution >= 0.6 is 0 Å². The molecule has 110 valence electrons. The molecule has 0 saturated carbocycles. The lowest BCUT2D eigenvalue weighted by molar-refractivity contribution is -0.137. The third-order valence-corrected chi connectivity index (χ3v) is 3.87. The van der Waals surface area contributed by atoms with Crippen molar-refractivity contribution in [1.82, 2.24) is 0 Å². The summed E-state index contributed by atoms with van der Waals surface area (Å²) < 4.78 is 10.7. The van der Waals surface area contributed by atoms with Crippen molar-refractivity contribution in [2.24, 2.45) is 5.92 Å². The van der Waals surface area contributed by atoms with Crippen LogP contribution in [0.3, 0.4) is 0 Å². The van der Waals surface area contributed by atoms with Gasteiger partial charge in [-0.25, -0.2) is 4.79 Å². The lowest BCUT2D eigenvalue weighted by Gasteiger charge is -2.25. The molecule has 0 amide bonds. The topological polar surface area (TPSA) is 52.6 Å². The zero-order chi connectivity index (χ0) is 14.5. The highest BCUT2D eigenvalue weighted by atomic mass is 16.5. The van der Waals surface area contributed by atoms with E-state index < -0.39 is 0 Å². The zero-order valence-corrected chi connectivity index (χ0v) is 12.2. The summed E-state index contributed by atoms with van der Waals surface area (Å²) in [5.74, 6) is 1.21. The number of fused-ring (bicyclic) bond motifs is 1. The molecular formula is C16H22O4. The van der Waals surface area contributed by atoms with Crippen LogP contribution in [0.15, 0.2) is 23.2 Å². The van der Waals surface area contributed by atoms with E-state index in [9.17, 15) is 9.59 Å². The van der Waals surface area contributed by atoms with Crippen LogP contribution in [0, 0.1) is 5.92 Å². The molecular weight excluding hydrogens is 256 g/mol. The van der Waals surface area contributed by atoms with Gasteiger partial charge in [-0.05, 0) is 12.8 Å². The number of ketones is 1. The Bertz CT molecular complexity index is 459. The number of ether oxygens (including phenoxy) is 2. The van der Waals surface area contributed by atoms with Crippen LogP contribution in [0.4, 0.5) is 0 Å². The van der Waals surface area contributed by atoms with E-state index in [2.05, 4.69) is 6.92 Å². The Morgan fingerprint density at radius 2 is 2.15 bits per heavy atom. The maximum absolute atomic E-state index is 11.9. The molecule has 1 aliphatic heterocycles. The Morgan fingerprint density at radius 3 is 2.85 bits per heavy atom. The van der Waals surface area contributed by atoms with Crippen molar-refractivity contribution >= 4 is 11.8 Å². The average molecular weight is 278 g/mol. The van der Waals surface area contributed by atoms with Crippen molar-refractivity contribution in [1.29, 1.82) is 0 Å². The number of hydrogen-bond donors (Lipinski definition) is 0. The summed E-state index contributed by atoms with van der Waals surface area (Å²) in [5, 5.41) is 0. The smallest absolute Gasteiger partial charge is 0.337 e. The molecule has 0 radical (unpaired) electrons. The summed E-state index contributed by atoms with van der Waals surface area (Å²) in [4.78, 5) is 23.3. The van der Waals surface area contributed by atoms with Gasteiger partial charge < -0.3 is 9.47 Å². The first-order valence-corrected chi connectivity index (χ1v) is 7.38. The minimum Gasteiger partial charge on any atom is -0.466 e. The number of carbonyl (C=O) groups excluding carboxylic acids is 2. The van der Waals surface area contributed by atoms with Gasteiger partial charge in [0.2, 0.25) is 0 Å². The molecule has 0 N–H and O–H groups in total. The van der Waals surface area contributed by atoms with Gasteiger partial charge in [-0.1, -0.05) is 26.2 Å². The second-order valence-electron chi connectivity index (χ2n) is 5.42. The highest BCUT2D eigenvalue weighted by Crippen LogP contribution is 2.39. The van der Waals surface area contributed by atoms with Crippen molar-refractivity contribution in [3.63, 3.8) is 0 Å². The molecule has 1 unspecified atom stereocenters. The molecule has 0 bridgehead atoms. The Hall–Kier alpha value is -1.58. The number of hydrogen-bond acceptors (Lipinski definition) is 4. The fourth-order valence-electron chi connectivity index (χ4n) is 2.76. The minimum absolute atomic E-state index is 0.0241. The average Bonchev–Trinajstić information content (AvgIpc) is 2.80. The number of unbranched alkanes of at least 4 members (excludes halogenated alkanes) is 3. The third-order valence-electron chi connectivity index (χ3n) is 3.87. The summed E-state index contributed by atoms with van der Waals surface area (Å²) in [7, 11) is 1.38. The van der Waals surface area contributed by atoms with Crippen LogP contribution in [-0.2, 0) is 19.1 Å². The van der Waals surface area contributed by atoms with Crippen LogP contribution in [-0.4, -0.2) is 18.9 Å². The molecule has 1 aliphatic carbocycles. The van der Waals surface area contributed by atoms with E-state index in [0.29, 0.717) is 24.2 Å². The molecule has 0 saturated heterocycles. The molecule has 0 fully saturated rings. The molecule has 0 aromatic rings. The second-order valence-corrected chi connectivity index (χ2v) is 5.42. The summed E-state index contributed by atoms with van der Waals surface area (Å²) in [6.07, 6.45) is 7.80. The molecule has 0 spiro atoms. The first-order chi connectivity index (χ1) is 9.65. The first-order valence-electron chi connectivity index (χ1n) is 7.38. The predicted molar refractivity (Wildman–Crippen MR) is 74.7 cm³/mol. The Kier molecular flexibility index (Phi) is 4.99. The standard InChI is InChI=1S/C16H22O4/c1-3-4-5-6-7-14-13(16(18)19-2)9-11-8-12(17)10-15(11)20-14/h10-11H,3-9H2,1-2H3. The molecule has 0 aromatic carbocycles. The van der Waals surface area contributed by atoms with Crippen LogP contribution in [0.25, 0.3) is 0 Å². The van der Waals surface area contributed by atoms with Gasteiger partial charge in [0, 0.05) is 24.8 Å². The van der Waals surface area contributed by atoms with E-state index in [4.69, 9.17) is 9.47 Å². The molecule has 20 heavy (non-hydrogen) atoms.